The molecule has 0 saturated carbocycles. The molecule has 3 aromatic rings. The number of nitrogens with one attached hydrogen (secondary N) is 2. The number of hydrogen-bond acceptors (Lipinski definition) is 5. The van der Waals surface area contributed by atoms with Crippen LogP contribution < -0.4 is 16.1 Å². The number of para-hydroxylation sites is 1. The molecule has 0 bridgehead atoms. The molecule has 0 fully saturated rings. The van der Waals surface area contributed by atoms with Crippen LogP contribution in [0.2, 0.25) is 0 Å². The van der Waals surface area contributed by atoms with Gasteiger partial charge in [0, 0.05) is 49.2 Å². The number of aromatic hydroxyl groups is 1. The first-order valence-corrected chi connectivity index (χ1v) is 9.24. The predicted molar refractivity (Wildman–Crippen MR) is 117 cm³/mol. The van der Waals surface area contributed by atoms with E-state index in [0.29, 0.717) is 12.2 Å². The molecule has 7 heteroatoms. The molecule has 6 nitrogen and oxygen atoms in total. The Morgan fingerprint density at radius 1 is 1.14 bits per heavy atom. The molecule has 0 saturated heterocycles. The van der Waals surface area contributed by atoms with Crippen molar-refractivity contribution in [3.05, 3.63) is 64.2 Å². The Hall–Kier alpha value is -2.57. The summed E-state index contributed by atoms with van der Waals surface area (Å²) in [6.07, 6.45) is 3.84. The minimum atomic E-state index is -0.323. The van der Waals surface area contributed by atoms with Crippen LogP contribution >= 0.6 is 12.4 Å². The number of aromatic nitrogens is 2. The number of anilines is 1. The van der Waals surface area contributed by atoms with Gasteiger partial charge in [0.05, 0.1) is 11.2 Å². The van der Waals surface area contributed by atoms with Gasteiger partial charge in [-0.05, 0) is 38.4 Å². The van der Waals surface area contributed by atoms with E-state index in [1.54, 1.807) is 0 Å². The van der Waals surface area contributed by atoms with Crippen molar-refractivity contribution in [1.29, 1.82) is 0 Å². The van der Waals surface area contributed by atoms with Crippen molar-refractivity contribution >= 4 is 29.0 Å². The van der Waals surface area contributed by atoms with E-state index in [4.69, 9.17) is 0 Å². The first-order chi connectivity index (χ1) is 13.1. The number of nitrogens with zero attached hydrogens (tertiary/aromatic N) is 2. The van der Waals surface area contributed by atoms with Gasteiger partial charge in [-0.2, -0.15) is 0 Å². The molecule has 0 atom stereocenters. The molecule has 0 unspecified atom stereocenters. The molecule has 0 aliphatic heterocycles. The molecule has 0 aliphatic rings. The highest BCUT2D eigenvalue weighted by molar-refractivity contribution is 5.90. The van der Waals surface area contributed by atoms with Gasteiger partial charge in [-0.25, -0.2) is 0 Å². The molecule has 150 valence electrons. The van der Waals surface area contributed by atoms with Gasteiger partial charge in [-0.15, -0.1) is 12.4 Å². The van der Waals surface area contributed by atoms with Crippen LogP contribution in [0.15, 0.2) is 47.4 Å². The lowest BCUT2D eigenvalue weighted by atomic mass is 10.2. The van der Waals surface area contributed by atoms with Gasteiger partial charge in [-0.3, -0.25) is 9.78 Å². The normalized spacial score (nSPS) is 10.6. The Kier molecular flexibility index (Phi) is 7.84. The maximum Gasteiger partial charge on any atom is 0.223 e. The maximum absolute atomic E-state index is 11.7. The highest BCUT2D eigenvalue weighted by Gasteiger charge is 2.09. The highest BCUT2D eigenvalue weighted by atomic mass is 35.5. The number of halogens is 1. The van der Waals surface area contributed by atoms with Gasteiger partial charge in [0.15, 0.2) is 5.75 Å². The molecule has 0 amide bonds. The van der Waals surface area contributed by atoms with E-state index in [1.807, 2.05) is 49.0 Å². The second-order valence-corrected chi connectivity index (χ2v) is 6.69. The zero-order valence-corrected chi connectivity index (χ0v) is 17.1. The molecular formula is C21H27ClN4O2. The number of rotatable bonds is 8. The van der Waals surface area contributed by atoms with Crippen LogP contribution in [0.3, 0.4) is 0 Å². The Bertz CT molecular complexity index is 983. The molecule has 3 rings (SSSR count). The number of benzene rings is 1. The first-order valence-electron chi connectivity index (χ1n) is 9.24. The third kappa shape index (κ3) is 5.03. The third-order valence-corrected chi connectivity index (χ3v) is 4.82. The van der Waals surface area contributed by atoms with Gasteiger partial charge in [0.1, 0.15) is 0 Å². The van der Waals surface area contributed by atoms with Crippen LogP contribution in [0.25, 0.3) is 10.9 Å². The van der Waals surface area contributed by atoms with E-state index >= 15 is 0 Å². The molecular weight excluding hydrogens is 376 g/mol. The number of pyridine rings is 2. The summed E-state index contributed by atoms with van der Waals surface area (Å²) in [5.74, 6) is -0.165. The van der Waals surface area contributed by atoms with E-state index < -0.39 is 0 Å². The standard InChI is InChI=1S/C21H26N4O2.ClH/c1-15-13-20(26)21(27)19(25(15)2)14-22-10-5-6-11-23-18-9-12-24-17-8-4-3-7-16(17)18;/h3-4,7-9,12-13,22,27H,5-6,10-11,14H2,1-2H3,(H,23,24);1H. The third-order valence-electron chi connectivity index (χ3n) is 4.82. The maximum atomic E-state index is 11.7. The fraction of sp³-hybridized carbons (Fsp3) is 0.333. The number of hydrogen-bond donors (Lipinski definition) is 3. The van der Waals surface area contributed by atoms with Crippen LogP contribution in [0.1, 0.15) is 24.2 Å². The molecule has 2 heterocycles. The second kappa shape index (κ2) is 10.1. The van der Waals surface area contributed by atoms with Gasteiger partial charge in [0.2, 0.25) is 5.43 Å². The topological polar surface area (TPSA) is 79.2 Å². The minimum absolute atomic E-state index is 0. The van der Waals surface area contributed by atoms with Crippen molar-refractivity contribution in [3.63, 3.8) is 0 Å². The summed E-state index contributed by atoms with van der Waals surface area (Å²) in [5.41, 5.74) is 3.24. The Balaban J connectivity index is 0.00000280. The van der Waals surface area contributed by atoms with Crippen molar-refractivity contribution in [1.82, 2.24) is 14.9 Å². The number of aryl methyl sites for hydroxylation is 1. The lowest BCUT2D eigenvalue weighted by Gasteiger charge is -2.14. The summed E-state index contributed by atoms with van der Waals surface area (Å²) < 4.78 is 1.85. The van der Waals surface area contributed by atoms with Crippen molar-refractivity contribution in [2.75, 3.05) is 18.4 Å². The highest BCUT2D eigenvalue weighted by Crippen LogP contribution is 2.20. The largest absolute Gasteiger partial charge is 0.503 e. The molecule has 1 aromatic carbocycles. The van der Waals surface area contributed by atoms with E-state index in [9.17, 15) is 9.90 Å². The Morgan fingerprint density at radius 2 is 1.89 bits per heavy atom. The molecule has 0 spiro atoms. The van der Waals surface area contributed by atoms with Crippen LogP contribution in [0, 0.1) is 6.92 Å². The molecule has 0 radical (unpaired) electrons. The smallest absolute Gasteiger partial charge is 0.223 e. The Morgan fingerprint density at radius 3 is 2.71 bits per heavy atom. The van der Waals surface area contributed by atoms with E-state index in [1.165, 1.54) is 6.07 Å². The van der Waals surface area contributed by atoms with Crippen molar-refractivity contribution in [2.45, 2.75) is 26.3 Å². The summed E-state index contributed by atoms with van der Waals surface area (Å²) in [4.78, 5) is 16.1. The predicted octanol–water partition coefficient (Wildman–Crippen LogP) is 3.35. The van der Waals surface area contributed by atoms with Gasteiger partial charge in [0.25, 0.3) is 0 Å². The molecule has 0 aliphatic carbocycles. The van der Waals surface area contributed by atoms with Crippen molar-refractivity contribution in [2.24, 2.45) is 7.05 Å². The van der Waals surface area contributed by atoms with E-state index in [0.717, 1.165) is 48.2 Å². The van der Waals surface area contributed by atoms with Gasteiger partial charge in [-0.1, -0.05) is 18.2 Å². The quantitative estimate of drug-likeness (QED) is 0.503. The van der Waals surface area contributed by atoms with Crippen LogP contribution in [0.4, 0.5) is 5.69 Å². The SMILES string of the molecule is Cc1cc(=O)c(O)c(CNCCCCNc2ccnc3ccccc23)n1C.Cl. The Labute approximate surface area is 171 Å². The second-order valence-electron chi connectivity index (χ2n) is 6.69. The summed E-state index contributed by atoms with van der Waals surface area (Å²) in [6, 6.07) is 11.6. The minimum Gasteiger partial charge on any atom is -0.503 e. The van der Waals surface area contributed by atoms with Crippen molar-refractivity contribution in [3.8, 4) is 5.75 Å². The van der Waals surface area contributed by atoms with Gasteiger partial charge >= 0.3 is 0 Å². The van der Waals surface area contributed by atoms with E-state index in [-0.39, 0.29) is 23.6 Å². The van der Waals surface area contributed by atoms with E-state index in [2.05, 4.69) is 21.7 Å². The molecule has 28 heavy (non-hydrogen) atoms. The molecule has 2 aromatic heterocycles. The zero-order valence-electron chi connectivity index (χ0n) is 16.2. The first kappa shape index (κ1) is 21.7. The van der Waals surface area contributed by atoms with Crippen molar-refractivity contribution < 1.29 is 5.11 Å². The van der Waals surface area contributed by atoms with Crippen LogP contribution in [0.5, 0.6) is 5.75 Å². The fourth-order valence-corrected chi connectivity index (χ4v) is 3.13. The summed E-state index contributed by atoms with van der Waals surface area (Å²) in [6.45, 7) is 4.03. The van der Waals surface area contributed by atoms with Gasteiger partial charge < -0.3 is 20.3 Å². The lowest BCUT2D eigenvalue weighted by Crippen LogP contribution is -2.22. The van der Waals surface area contributed by atoms with Crippen LogP contribution in [-0.2, 0) is 13.6 Å². The average molecular weight is 403 g/mol. The summed E-state index contributed by atoms with van der Waals surface area (Å²) in [5, 5.41) is 17.9. The monoisotopic (exact) mass is 402 g/mol. The van der Waals surface area contributed by atoms with Crippen LogP contribution in [-0.4, -0.2) is 27.7 Å². The fourth-order valence-electron chi connectivity index (χ4n) is 3.13. The average Bonchev–Trinajstić information content (AvgIpc) is 2.68. The number of fused-ring (bicyclic) bond motifs is 1. The number of unbranched alkanes of at least 4 members (excludes halogenated alkanes) is 1. The summed E-state index contributed by atoms with van der Waals surface area (Å²) >= 11 is 0. The zero-order chi connectivity index (χ0) is 19.2. The lowest BCUT2D eigenvalue weighted by molar-refractivity contribution is 0.445. The molecule has 3 N–H and O–H groups in total. The summed E-state index contributed by atoms with van der Waals surface area (Å²) in [7, 11) is 1.86.